The molecule has 2 amide bonds. The molecule has 1 aromatic carbocycles. The van der Waals surface area contributed by atoms with Gasteiger partial charge in [-0.1, -0.05) is 30.0 Å². The predicted molar refractivity (Wildman–Crippen MR) is 140 cm³/mol. The molecular weight excluding hydrogens is 566 g/mol. The number of alkyl halides is 3. The Morgan fingerprint density at radius 3 is 2.74 bits per heavy atom. The molecule has 2 aromatic rings. The van der Waals surface area contributed by atoms with Gasteiger partial charge in [-0.05, 0) is 60.2 Å². The van der Waals surface area contributed by atoms with Gasteiger partial charge in [-0.3, -0.25) is 19.3 Å². The Morgan fingerprint density at radius 2 is 2.03 bits per heavy atom. The van der Waals surface area contributed by atoms with Gasteiger partial charge >= 0.3 is 12.1 Å². The van der Waals surface area contributed by atoms with Crippen LogP contribution in [0.2, 0.25) is 0 Å². The van der Waals surface area contributed by atoms with Crippen molar-refractivity contribution in [1.82, 2.24) is 15.5 Å². The first kappa shape index (κ1) is 28.2. The SMILES string of the molecule is O=C(CCN1C(=O)C(=Cc2cc(-c3ccc(F)c(C(F)(F)F)c3)cs2)SC1=S)N[C@H]1CCN[C@H](C(=O)O)C1. The van der Waals surface area contributed by atoms with E-state index in [1.54, 1.807) is 17.5 Å². The van der Waals surface area contributed by atoms with Crippen molar-refractivity contribution in [3.63, 3.8) is 0 Å². The summed E-state index contributed by atoms with van der Waals surface area (Å²) in [5.74, 6) is -3.04. The molecule has 2 aliphatic rings. The van der Waals surface area contributed by atoms with Gasteiger partial charge < -0.3 is 15.7 Å². The lowest BCUT2D eigenvalue weighted by Crippen LogP contribution is -2.51. The number of carboxylic acid groups (broad SMARTS) is 1. The van der Waals surface area contributed by atoms with E-state index in [2.05, 4.69) is 10.6 Å². The zero-order valence-electron chi connectivity index (χ0n) is 19.5. The third-order valence-corrected chi connectivity index (χ3v) is 8.26. The Balaban J connectivity index is 1.37. The fraction of sp³-hybridized carbons (Fsp3) is 0.333. The number of piperidine rings is 1. The monoisotopic (exact) mass is 587 g/mol. The second-order valence-corrected chi connectivity index (χ2v) is 11.3. The van der Waals surface area contributed by atoms with E-state index in [1.165, 1.54) is 22.3 Å². The summed E-state index contributed by atoms with van der Waals surface area (Å²) in [5, 5.41) is 16.4. The number of rotatable bonds is 7. The second kappa shape index (κ2) is 11.5. The summed E-state index contributed by atoms with van der Waals surface area (Å²) in [7, 11) is 0. The summed E-state index contributed by atoms with van der Waals surface area (Å²) < 4.78 is 53.1. The first-order valence-electron chi connectivity index (χ1n) is 11.4. The zero-order chi connectivity index (χ0) is 27.6. The summed E-state index contributed by atoms with van der Waals surface area (Å²) in [4.78, 5) is 38.7. The lowest BCUT2D eigenvalue weighted by molar-refractivity contribution is -0.141. The summed E-state index contributed by atoms with van der Waals surface area (Å²) >= 11 is 7.55. The van der Waals surface area contributed by atoms with Crippen LogP contribution in [-0.4, -0.2) is 57.3 Å². The normalized spacial score (nSPS) is 21.3. The Bertz CT molecular complexity index is 1310. The minimum Gasteiger partial charge on any atom is -0.480 e. The van der Waals surface area contributed by atoms with Crippen molar-refractivity contribution in [3.05, 3.63) is 50.8 Å². The fourth-order valence-electron chi connectivity index (χ4n) is 4.07. The number of carbonyl (C=O) groups excluding carboxylic acids is 2. The van der Waals surface area contributed by atoms with E-state index in [0.717, 1.165) is 23.9 Å². The van der Waals surface area contributed by atoms with Crippen molar-refractivity contribution in [2.24, 2.45) is 0 Å². The maximum atomic E-state index is 13.6. The van der Waals surface area contributed by atoms with Crippen molar-refractivity contribution in [3.8, 4) is 11.1 Å². The van der Waals surface area contributed by atoms with Gasteiger partial charge in [-0.15, -0.1) is 11.3 Å². The molecule has 2 saturated heterocycles. The highest BCUT2D eigenvalue weighted by Crippen LogP contribution is 2.37. The van der Waals surface area contributed by atoms with Crippen LogP contribution in [0.1, 0.15) is 29.7 Å². The lowest BCUT2D eigenvalue weighted by Gasteiger charge is -2.28. The van der Waals surface area contributed by atoms with Gasteiger partial charge in [0.2, 0.25) is 5.91 Å². The Morgan fingerprint density at radius 1 is 1.26 bits per heavy atom. The van der Waals surface area contributed by atoms with E-state index in [0.29, 0.717) is 28.3 Å². The van der Waals surface area contributed by atoms with Crippen LogP contribution in [0, 0.1) is 5.82 Å². The highest BCUT2D eigenvalue weighted by Gasteiger charge is 2.35. The number of carbonyl (C=O) groups is 3. The summed E-state index contributed by atoms with van der Waals surface area (Å²) in [6, 6.07) is 3.37. The summed E-state index contributed by atoms with van der Waals surface area (Å²) in [5.41, 5.74) is -0.715. The van der Waals surface area contributed by atoms with E-state index >= 15 is 0 Å². The number of halogens is 4. The molecule has 0 bridgehead atoms. The van der Waals surface area contributed by atoms with Crippen molar-refractivity contribution in [1.29, 1.82) is 0 Å². The largest absolute Gasteiger partial charge is 0.480 e. The molecule has 2 atom stereocenters. The number of hydrogen-bond acceptors (Lipinski definition) is 7. The highest BCUT2D eigenvalue weighted by atomic mass is 32.2. The summed E-state index contributed by atoms with van der Waals surface area (Å²) in [6.45, 7) is 0.517. The molecule has 1 aromatic heterocycles. The molecule has 4 rings (SSSR count). The first-order valence-corrected chi connectivity index (χ1v) is 13.5. The van der Waals surface area contributed by atoms with Crippen LogP contribution in [0.5, 0.6) is 0 Å². The van der Waals surface area contributed by atoms with Gasteiger partial charge in [0.15, 0.2) is 0 Å². The minimum atomic E-state index is -4.82. The van der Waals surface area contributed by atoms with Crippen molar-refractivity contribution in [2.45, 2.75) is 37.5 Å². The van der Waals surface area contributed by atoms with Gasteiger partial charge in [0.05, 0.1) is 10.5 Å². The fourth-order valence-corrected chi connectivity index (χ4v) is 6.30. The molecule has 38 heavy (non-hydrogen) atoms. The van der Waals surface area contributed by atoms with Crippen LogP contribution in [0.15, 0.2) is 34.6 Å². The number of thiophene rings is 1. The molecular formula is C24H21F4N3O4S3. The molecule has 14 heteroatoms. The predicted octanol–water partition coefficient (Wildman–Crippen LogP) is 4.49. The Labute approximate surface area is 228 Å². The van der Waals surface area contributed by atoms with Crippen LogP contribution in [0.3, 0.4) is 0 Å². The number of thiocarbonyl (C=S) groups is 1. The molecule has 0 aliphatic carbocycles. The van der Waals surface area contributed by atoms with Gasteiger partial charge in [-0.2, -0.15) is 13.2 Å². The molecule has 0 spiro atoms. The van der Waals surface area contributed by atoms with E-state index in [1.807, 2.05) is 0 Å². The van der Waals surface area contributed by atoms with E-state index < -0.39 is 35.5 Å². The maximum absolute atomic E-state index is 13.6. The smallest absolute Gasteiger partial charge is 0.419 e. The maximum Gasteiger partial charge on any atom is 0.419 e. The number of carboxylic acids is 1. The topological polar surface area (TPSA) is 98.7 Å². The molecule has 0 saturated carbocycles. The number of hydrogen-bond donors (Lipinski definition) is 3. The second-order valence-electron chi connectivity index (χ2n) is 8.65. The summed E-state index contributed by atoms with van der Waals surface area (Å²) in [6.07, 6.45) is -2.40. The van der Waals surface area contributed by atoms with Crippen LogP contribution in [0.25, 0.3) is 17.2 Å². The molecule has 2 fully saturated rings. The van der Waals surface area contributed by atoms with Crippen molar-refractivity contribution >= 4 is 63.5 Å². The third kappa shape index (κ3) is 6.60. The van der Waals surface area contributed by atoms with Crippen LogP contribution in [-0.2, 0) is 20.6 Å². The van der Waals surface area contributed by atoms with Gasteiger partial charge in [-0.25, -0.2) is 4.39 Å². The highest BCUT2D eigenvalue weighted by molar-refractivity contribution is 8.26. The van der Waals surface area contributed by atoms with Crippen LogP contribution in [0.4, 0.5) is 17.6 Å². The van der Waals surface area contributed by atoms with Gasteiger partial charge in [0.1, 0.15) is 16.2 Å². The molecule has 3 heterocycles. The van der Waals surface area contributed by atoms with Crippen LogP contribution < -0.4 is 10.6 Å². The van der Waals surface area contributed by atoms with Gasteiger partial charge in [0, 0.05) is 23.9 Å². The first-order chi connectivity index (χ1) is 17.9. The molecule has 2 aliphatic heterocycles. The average Bonchev–Trinajstić information content (AvgIpc) is 3.41. The molecule has 3 N–H and O–H groups in total. The quantitative estimate of drug-likeness (QED) is 0.250. The number of benzene rings is 1. The third-order valence-electron chi connectivity index (χ3n) is 6.00. The molecule has 7 nitrogen and oxygen atoms in total. The van der Waals surface area contributed by atoms with Crippen LogP contribution >= 0.6 is 35.3 Å². The number of thioether (sulfide) groups is 1. The molecule has 0 radical (unpaired) electrons. The molecule has 202 valence electrons. The van der Waals surface area contributed by atoms with Crippen molar-refractivity contribution in [2.75, 3.05) is 13.1 Å². The van der Waals surface area contributed by atoms with Gasteiger partial charge in [0.25, 0.3) is 5.91 Å². The number of nitrogens with one attached hydrogen (secondary N) is 2. The lowest BCUT2D eigenvalue weighted by atomic mass is 9.99. The standard InChI is InChI=1S/C24H21F4N3O4S3/c25-17-2-1-12(8-16(17)24(26,27)28)13-7-15(37-11-13)10-19-21(33)31(23(36)38-19)6-4-20(32)30-14-3-5-29-18(9-14)22(34)35/h1-2,7-8,10-11,14,18,29H,3-6,9H2,(H,30,32)(H,34,35)/t14-,18-/m0/s1. The Kier molecular flexibility index (Phi) is 8.55. The number of nitrogens with zero attached hydrogens (tertiary/aromatic N) is 1. The van der Waals surface area contributed by atoms with Crippen molar-refractivity contribution < 1.29 is 37.1 Å². The van der Waals surface area contributed by atoms with E-state index in [-0.39, 0.29) is 41.2 Å². The number of amides is 2. The average molecular weight is 588 g/mol. The minimum absolute atomic E-state index is 0.0172. The number of aliphatic carboxylic acids is 1. The molecule has 0 unspecified atom stereocenters. The Hall–Kier alpha value is -2.81. The van der Waals surface area contributed by atoms with E-state index in [4.69, 9.17) is 17.3 Å². The zero-order valence-corrected chi connectivity index (χ0v) is 22.0. The van der Waals surface area contributed by atoms with E-state index in [9.17, 15) is 31.9 Å².